The largest absolute Gasteiger partial charge is 0.336 e. The maximum absolute atomic E-state index is 12.6. The molecule has 0 spiro atoms. The van der Waals surface area contributed by atoms with Crippen molar-refractivity contribution < 1.29 is 4.79 Å². The summed E-state index contributed by atoms with van der Waals surface area (Å²) in [4.78, 5) is 19.0. The number of benzene rings is 1. The molecule has 23 heavy (non-hydrogen) atoms. The molecule has 1 aromatic heterocycles. The van der Waals surface area contributed by atoms with Gasteiger partial charge in [0.15, 0.2) is 0 Å². The smallest absolute Gasteiger partial charge is 0.253 e. The van der Waals surface area contributed by atoms with Crippen molar-refractivity contribution in [2.75, 3.05) is 19.6 Å². The number of hydrogen-bond donors (Lipinski definition) is 1. The molecule has 0 bridgehead atoms. The van der Waals surface area contributed by atoms with Crippen molar-refractivity contribution in [2.24, 2.45) is 0 Å². The van der Waals surface area contributed by atoms with E-state index in [1.165, 1.54) is 0 Å². The Balaban J connectivity index is 0.00000132. The number of aromatic nitrogens is 1. The van der Waals surface area contributed by atoms with Crippen molar-refractivity contribution in [1.82, 2.24) is 15.2 Å². The quantitative estimate of drug-likeness (QED) is 0.877. The first-order valence-electron chi connectivity index (χ1n) is 7.19. The summed E-state index contributed by atoms with van der Waals surface area (Å²) >= 11 is 1.61. The van der Waals surface area contributed by atoms with Gasteiger partial charge in [0.1, 0.15) is 5.01 Å². The summed E-state index contributed by atoms with van der Waals surface area (Å²) < 4.78 is 0. The van der Waals surface area contributed by atoms with Crippen molar-refractivity contribution in [2.45, 2.75) is 19.9 Å². The zero-order chi connectivity index (χ0) is 14.8. The van der Waals surface area contributed by atoms with E-state index < -0.39 is 0 Å². The summed E-state index contributed by atoms with van der Waals surface area (Å²) in [6.45, 7) is 6.48. The first-order valence-corrected chi connectivity index (χ1v) is 8.06. The number of hydrogen-bond acceptors (Lipinski definition) is 4. The van der Waals surface area contributed by atoms with E-state index in [4.69, 9.17) is 0 Å². The number of carbonyl (C=O) groups is 1. The molecular weight excluding hydrogens is 353 g/mol. The van der Waals surface area contributed by atoms with Gasteiger partial charge in [-0.3, -0.25) is 4.79 Å². The van der Waals surface area contributed by atoms with Crippen LogP contribution in [0, 0.1) is 6.92 Å². The molecule has 126 valence electrons. The summed E-state index contributed by atoms with van der Waals surface area (Å²) in [7, 11) is 0. The lowest BCUT2D eigenvalue weighted by Gasteiger charge is -2.32. The minimum Gasteiger partial charge on any atom is -0.336 e. The minimum absolute atomic E-state index is 0. The first kappa shape index (κ1) is 19.9. The van der Waals surface area contributed by atoms with E-state index in [0.29, 0.717) is 6.04 Å². The van der Waals surface area contributed by atoms with Crippen LogP contribution in [0.25, 0.3) is 10.6 Å². The van der Waals surface area contributed by atoms with Crippen LogP contribution in [0.4, 0.5) is 0 Å². The number of aryl methyl sites for hydroxylation is 1. The van der Waals surface area contributed by atoms with Gasteiger partial charge >= 0.3 is 0 Å². The number of nitrogens with one attached hydrogen (secondary N) is 1. The molecule has 1 aliphatic heterocycles. The number of piperazine rings is 1. The highest BCUT2D eigenvalue weighted by Crippen LogP contribution is 2.24. The third-order valence-electron chi connectivity index (χ3n) is 3.63. The van der Waals surface area contributed by atoms with Crippen molar-refractivity contribution in [3.05, 3.63) is 40.9 Å². The number of amides is 1. The van der Waals surface area contributed by atoms with Gasteiger partial charge < -0.3 is 10.2 Å². The zero-order valence-corrected chi connectivity index (χ0v) is 15.6. The van der Waals surface area contributed by atoms with Crippen LogP contribution in [0.2, 0.25) is 0 Å². The Kier molecular flexibility index (Phi) is 7.48. The van der Waals surface area contributed by atoms with E-state index in [1.807, 2.05) is 41.5 Å². The fourth-order valence-corrected chi connectivity index (χ4v) is 3.37. The summed E-state index contributed by atoms with van der Waals surface area (Å²) in [5, 5.41) is 6.35. The van der Waals surface area contributed by atoms with Gasteiger partial charge in [-0.25, -0.2) is 4.98 Å². The van der Waals surface area contributed by atoms with E-state index in [1.54, 1.807) is 11.3 Å². The molecule has 4 nitrogen and oxygen atoms in total. The predicted molar refractivity (Wildman–Crippen MR) is 100 cm³/mol. The van der Waals surface area contributed by atoms with Gasteiger partial charge in [-0.2, -0.15) is 0 Å². The summed E-state index contributed by atoms with van der Waals surface area (Å²) in [6.07, 6.45) is 0. The second kappa shape index (κ2) is 8.64. The van der Waals surface area contributed by atoms with Crippen LogP contribution in [-0.4, -0.2) is 41.5 Å². The third-order valence-corrected chi connectivity index (χ3v) is 4.64. The Hall–Kier alpha value is -1.14. The number of carbonyl (C=O) groups excluding carboxylic acids is 1. The molecule has 1 saturated heterocycles. The molecule has 1 fully saturated rings. The fraction of sp³-hybridized carbons (Fsp3) is 0.375. The number of thiazole rings is 1. The van der Waals surface area contributed by atoms with E-state index in [2.05, 4.69) is 17.2 Å². The van der Waals surface area contributed by atoms with E-state index in [9.17, 15) is 4.79 Å². The lowest BCUT2D eigenvalue weighted by molar-refractivity contribution is 0.0709. The maximum Gasteiger partial charge on any atom is 0.253 e. The molecule has 0 aliphatic carbocycles. The molecule has 3 rings (SSSR count). The molecule has 2 aromatic rings. The van der Waals surface area contributed by atoms with E-state index >= 15 is 0 Å². The summed E-state index contributed by atoms with van der Waals surface area (Å²) in [5.41, 5.74) is 2.78. The molecule has 0 radical (unpaired) electrons. The lowest BCUT2D eigenvalue weighted by atomic mass is 10.1. The standard InChI is InChI=1S/C16H19N3OS.2ClH/c1-11-9-19(7-6-17-11)16(20)14-5-3-4-13(8-14)15-18-12(2)10-21-15;;/h3-5,8,10-11,17H,6-7,9H2,1-2H3;2*1H. The summed E-state index contributed by atoms with van der Waals surface area (Å²) in [6, 6.07) is 8.14. The van der Waals surface area contributed by atoms with Gasteiger partial charge in [0.2, 0.25) is 0 Å². The van der Waals surface area contributed by atoms with Crippen LogP contribution in [-0.2, 0) is 0 Å². The van der Waals surface area contributed by atoms with Crippen molar-refractivity contribution >= 4 is 42.1 Å². The highest BCUT2D eigenvalue weighted by Gasteiger charge is 2.21. The summed E-state index contributed by atoms with van der Waals surface area (Å²) in [5.74, 6) is 0.110. The van der Waals surface area contributed by atoms with Gasteiger partial charge in [0, 0.05) is 47.9 Å². The van der Waals surface area contributed by atoms with Gasteiger partial charge in [0.25, 0.3) is 5.91 Å². The normalized spacial score (nSPS) is 17.1. The predicted octanol–water partition coefficient (Wildman–Crippen LogP) is 3.40. The molecule has 1 amide bonds. The second-order valence-electron chi connectivity index (χ2n) is 5.48. The Bertz CT molecular complexity index is 662. The first-order chi connectivity index (χ1) is 10.1. The monoisotopic (exact) mass is 373 g/mol. The fourth-order valence-electron chi connectivity index (χ4n) is 2.57. The number of rotatable bonds is 2. The molecule has 1 unspecified atom stereocenters. The Morgan fingerprint density at radius 2 is 2.17 bits per heavy atom. The number of nitrogens with zero attached hydrogens (tertiary/aromatic N) is 2. The van der Waals surface area contributed by atoms with Crippen LogP contribution < -0.4 is 5.32 Å². The van der Waals surface area contributed by atoms with Gasteiger partial charge in [-0.1, -0.05) is 12.1 Å². The van der Waals surface area contributed by atoms with E-state index in [-0.39, 0.29) is 30.7 Å². The minimum atomic E-state index is 0. The average molecular weight is 374 g/mol. The van der Waals surface area contributed by atoms with Crippen molar-refractivity contribution in [3.63, 3.8) is 0 Å². The van der Waals surface area contributed by atoms with Crippen molar-refractivity contribution in [3.8, 4) is 10.6 Å². The average Bonchev–Trinajstić information content (AvgIpc) is 2.93. The van der Waals surface area contributed by atoms with Crippen molar-refractivity contribution in [1.29, 1.82) is 0 Å². The molecule has 7 heteroatoms. The molecule has 0 saturated carbocycles. The Labute approximate surface area is 153 Å². The topological polar surface area (TPSA) is 45.2 Å². The van der Waals surface area contributed by atoms with Gasteiger partial charge in [-0.05, 0) is 26.0 Å². The Morgan fingerprint density at radius 1 is 1.39 bits per heavy atom. The van der Waals surface area contributed by atoms with Crippen LogP contribution in [0.3, 0.4) is 0 Å². The number of halogens is 2. The van der Waals surface area contributed by atoms with Crippen LogP contribution in [0.5, 0.6) is 0 Å². The lowest BCUT2D eigenvalue weighted by Crippen LogP contribution is -2.51. The third kappa shape index (κ3) is 4.67. The maximum atomic E-state index is 12.6. The highest BCUT2D eigenvalue weighted by molar-refractivity contribution is 7.13. The van der Waals surface area contributed by atoms with Gasteiger partial charge in [0.05, 0.1) is 0 Å². The molecule has 1 aliphatic rings. The second-order valence-corrected chi connectivity index (χ2v) is 6.34. The van der Waals surface area contributed by atoms with Crippen LogP contribution >= 0.6 is 36.2 Å². The SMILES string of the molecule is Cc1csc(-c2cccc(C(=O)N3CCNC(C)C3)c2)n1.Cl.Cl. The van der Waals surface area contributed by atoms with E-state index in [0.717, 1.165) is 41.5 Å². The Morgan fingerprint density at radius 3 is 2.83 bits per heavy atom. The van der Waals surface area contributed by atoms with Gasteiger partial charge in [-0.15, -0.1) is 36.2 Å². The zero-order valence-electron chi connectivity index (χ0n) is 13.1. The molecule has 1 aromatic carbocycles. The van der Waals surface area contributed by atoms with Crippen LogP contribution in [0.1, 0.15) is 23.0 Å². The molecule has 1 atom stereocenters. The van der Waals surface area contributed by atoms with Crippen LogP contribution in [0.15, 0.2) is 29.6 Å². The highest BCUT2D eigenvalue weighted by atomic mass is 35.5. The molecular formula is C16H21Cl2N3OS. The molecule has 1 N–H and O–H groups in total. The molecule has 2 heterocycles.